The van der Waals surface area contributed by atoms with Gasteiger partial charge in [0, 0.05) is 44.5 Å². The molecule has 1 aromatic rings. The first-order chi connectivity index (χ1) is 11.4. The van der Waals surface area contributed by atoms with E-state index in [9.17, 15) is 13.2 Å². The van der Waals surface area contributed by atoms with Crippen molar-refractivity contribution in [3.05, 3.63) is 35.4 Å². The van der Waals surface area contributed by atoms with Gasteiger partial charge in [0.15, 0.2) is 0 Å². The van der Waals surface area contributed by atoms with E-state index in [2.05, 4.69) is 4.90 Å². The summed E-state index contributed by atoms with van der Waals surface area (Å²) in [7, 11) is -2.95. The molecule has 0 aliphatic carbocycles. The number of para-hydroxylation sites is 1. The molecule has 0 saturated carbocycles. The minimum atomic E-state index is -2.95. The number of benzene rings is 1. The molecule has 0 spiro atoms. The molecule has 0 bridgehead atoms. The second kappa shape index (κ2) is 6.94. The van der Waals surface area contributed by atoms with Crippen LogP contribution in [0.3, 0.4) is 0 Å². The van der Waals surface area contributed by atoms with Crippen LogP contribution in [0.2, 0.25) is 0 Å². The van der Waals surface area contributed by atoms with E-state index in [1.165, 1.54) is 6.26 Å². The number of rotatable bonds is 4. The molecule has 0 aromatic heterocycles. The Morgan fingerprint density at radius 1 is 1.17 bits per heavy atom. The van der Waals surface area contributed by atoms with Crippen LogP contribution in [0.25, 0.3) is 6.08 Å². The maximum Gasteiger partial charge on any atom is 0.253 e. The normalized spacial score (nSPS) is 18.5. The van der Waals surface area contributed by atoms with Crippen LogP contribution in [-0.2, 0) is 14.6 Å². The number of amides is 1. The van der Waals surface area contributed by atoms with Crippen LogP contribution in [0.1, 0.15) is 5.56 Å². The summed E-state index contributed by atoms with van der Waals surface area (Å²) in [5.41, 5.74) is 1.59. The Morgan fingerprint density at radius 2 is 1.88 bits per heavy atom. The van der Waals surface area contributed by atoms with Gasteiger partial charge in [-0.2, -0.15) is 0 Å². The minimum Gasteiger partial charge on any atom is -0.488 e. The third-order valence-corrected chi connectivity index (χ3v) is 5.27. The highest BCUT2D eigenvalue weighted by Gasteiger charge is 2.25. The van der Waals surface area contributed by atoms with Gasteiger partial charge >= 0.3 is 0 Å². The van der Waals surface area contributed by atoms with Crippen molar-refractivity contribution < 1.29 is 17.9 Å². The molecule has 0 unspecified atom stereocenters. The third kappa shape index (κ3) is 4.15. The highest BCUT2D eigenvalue weighted by molar-refractivity contribution is 7.90. The molecule has 2 aliphatic heterocycles. The van der Waals surface area contributed by atoms with Crippen molar-refractivity contribution in [2.75, 3.05) is 51.3 Å². The van der Waals surface area contributed by atoms with E-state index in [4.69, 9.17) is 4.74 Å². The third-order valence-electron chi connectivity index (χ3n) is 4.34. The first kappa shape index (κ1) is 17.0. The summed E-state index contributed by atoms with van der Waals surface area (Å²) in [6.07, 6.45) is 3.15. The molecule has 2 heterocycles. The zero-order valence-corrected chi connectivity index (χ0v) is 14.6. The van der Waals surface area contributed by atoms with Crippen molar-refractivity contribution in [3.8, 4) is 5.75 Å². The minimum absolute atomic E-state index is 0.00673. The molecule has 1 aromatic carbocycles. The predicted octanol–water partition coefficient (Wildman–Crippen LogP) is 0.651. The maximum atomic E-state index is 12.6. The van der Waals surface area contributed by atoms with Crippen molar-refractivity contribution in [3.63, 3.8) is 0 Å². The zero-order chi connectivity index (χ0) is 17.2. The zero-order valence-electron chi connectivity index (χ0n) is 13.8. The Labute approximate surface area is 142 Å². The number of piperazine rings is 1. The quantitative estimate of drug-likeness (QED) is 0.798. The lowest BCUT2D eigenvalue weighted by atomic mass is 10.1. The smallest absolute Gasteiger partial charge is 0.253 e. The van der Waals surface area contributed by atoms with Crippen molar-refractivity contribution in [2.45, 2.75) is 0 Å². The molecule has 0 atom stereocenters. The van der Waals surface area contributed by atoms with E-state index in [0.29, 0.717) is 44.9 Å². The Bertz CT molecular complexity index is 750. The molecular weight excluding hydrogens is 328 g/mol. The standard InChI is InChI=1S/C17H22N2O4S/c1-24(21,22)11-10-18-6-8-19(9-7-18)17(20)15-12-14-4-2-3-5-16(14)23-13-15/h2-5,12H,6-11,13H2,1H3. The number of fused-ring (bicyclic) bond motifs is 1. The first-order valence-electron chi connectivity index (χ1n) is 8.04. The van der Waals surface area contributed by atoms with Gasteiger partial charge in [0.05, 0.1) is 11.3 Å². The molecule has 7 heteroatoms. The number of nitrogens with zero attached hydrogens (tertiary/aromatic N) is 2. The maximum absolute atomic E-state index is 12.6. The van der Waals surface area contributed by atoms with Gasteiger partial charge in [-0.3, -0.25) is 9.69 Å². The fourth-order valence-corrected chi connectivity index (χ4v) is 3.50. The van der Waals surface area contributed by atoms with Gasteiger partial charge in [0.1, 0.15) is 22.2 Å². The summed E-state index contributed by atoms with van der Waals surface area (Å²) in [4.78, 5) is 16.6. The number of hydrogen-bond acceptors (Lipinski definition) is 5. The van der Waals surface area contributed by atoms with Crippen LogP contribution < -0.4 is 4.74 Å². The highest BCUT2D eigenvalue weighted by Crippen LogP contribution is 2.26. The Balaban J connectivity index is 1.57. The van der Waals surface area contributed by atoms with Crippen LogP contribution in [0.4, 0.5) is 0 Å². The van der Waals surface area contributed by atoms with E-state index in [-0.39, 0.29) is 11.7 Å². The molecule has 1 fully saturated rings. The second-order valence-corrected chi connectivity index (χ2v) is 8.52. The second-order valence-electron chi connectivity index (χ2n) is 6.26. The largest absolute Gasteiger partial charge is 0.488 e. The molecule has 6 nitrogen and oxygen atoms in total. The summed E-state index contributed by atoms with van der Waals surface area (Å²) >= 11 is 0. The molecule has 0 radical (unpaired) electrons. The lowest BCUT2D eigenvalue weighted by Gasteiger charge is -2.35. The lowest BCUT2D eigenvalue weighted by molar-refractivity contribution is -0.129. The Kier molecular flexibility index (Phi) is 4.91. The summed E-state index contributed by atoms with van der Waals surface area (Å²) < 4.78 is 28.1. The summed E-state index contributed by atoms with van der Waals surface area (Å²) in [6, 6.07) is 7.67. The Morgan fingerprint density at radius 3 is 2.58 bits per heavy atom. The van der Waals surface area contributed by atoms with Gasteiger partial charge in [0.25, 0.3) is 5.91 Å². The van der Waals surface area contributed by atoms with Crippen LogP contribution in [-0.4, -0.2) is 75.5 Å². The number of hydrogen-bond donors (Lipinski definition) is 0. The highest BCUT2D eigenvalue weighted by atomic mass is 32.2. The average molecular weight is 350 g/mol. The van der Waals surface area contributed by atoms with Crippen LogP contribution in [0.15, 0.2) is 29.8 Å². The number of ether oxygens (including phenoxy) is 1. The molecule has 130 valence electrons. The van der Waals surface area contributed by atoms with Gasteiger partial charge in [-0.05, 0) is 12.1 Å². The average Bonchev–Trinajstić information content (AvgIpc) is 2.59. The van der Waals surface area contributed by atoms with Gasteiger partial charge < -0.3 is 9.64 Å². The fourth-order valence-electron chi connectivity index (χ4n) is 2.91. The molecule has 3 rings (SSSR count). The molecule has 1 saturated heterocycles. The van der Waals surface area contributed by atoms with Crippen LogP contribution in [0.5, 0.6) is 5.75 Å². The van der Waals surface area contributed by atoms with Gasteiger partial charge in [0.2, 0.25) is 0 Å². The molecule has 2 aliphatic rings. The van der Waals surface area contributed by atoms with Crippen molar-refractivity contribution >= 4 is 21.8 Å². The summed E-state index contributed by atoms with van der Waals surface area (Å²) in [6.45, 7) is 3.45. The predicted molar refractivity (Wildman–Crippen MR) is 92.6 cm³/mol. The number of sulfone groups is 1. The molecule has 0 N–H and O–H groups in total. The van der Waals surface area contributed by atoms with Crippen molar-refractivity contribution in [1.29, 1.82) is 0 Å². The number of carbonyl (C=O) groups is 1. The van der Waals surface area contributed by atoms with E-state index < -0.39 is 9.84 Å². The van der Waals surface area contributed by atoms with Gasteiger partial charge in [-0.15, -0.1) is 0 Å². The van der Waals surface area contributed by atoms with E-state index in [1.807, 2.05) is 35.2 Å². The number of carbonyl (C=O) groups excluding carboxylic acids is 1. The summed E-state index contributed by atoms with van der Waals surface area (Å²) in [5, 5.41) is 0. The van der Waals surface area contributed by atoms with E-state index in [0.717, 1.165) is 11.3 Å². The van der Waals surface area contributed by atoms with Crippen LogP contribution in [0, 0.1) is 0 Å². The molecule has 24 heavy (non-hydrogen) atoms. The Hall–Kier alpha value is -1.86. The van der Waals surface area contributed by atoms with Crippen LogP contribution >= 0.6 is 0 Å². The van der Waals surface area contributed by atoms with E-state index in [1.54, 1.807) is 0 Å². The molecule has 1 amide bonds. The summed E-state index contributed by atoms with van der Waals surface area (Å²) in [5.74, 6) is 0.975. The van der Waals surface area contributed by atoms with Gasteiger partial charge in [-0.1, -0.05) is 18.2 Å². The van der Waals surface area contributed by atoms with Gasteiger partial charge in [-0.25, -0.2) is 8.42 Å². The van der Waals surface area contributed by atoms with E-state index >= 15 is 0 Å². The topological polar surface area (TPSA) is 66.9 Å². The SMILES string of the molecule is CS(=O)(=O)CCN1CCN(C(=O)C2=Cc3ccccc3OC2)CC1. The molecular formula is C17H22N2O4S. The van der Waals surface area contributed by atoms with Crippen molar-refractivity contribution in [2.24, 2.45) is 0 Å². The van der Waals surface area contributed by atoms with Crippen molar-refractivity contribution in [1.82, 2.24) is 9.80 Å². The monoisotopic (exact) mass is 350 g/mol. The lowest BCUT2D eigenvalue weighted by Crippen LogP contribution is -2.50. The first-order valence-corrected chi connectivity index (χ1v) is 10.1. The fraction of sp³-hybridized carbons (Fsp3) is 0.471.